The average molecular weight is 618 g/mol. The van der Waals surface area contributed by atoms with E-state index in [0.29, 0.717) is 22.8 Å². The molecule has 1 atom stereocenters. The minimum atomic E-state index is -4.19. The largest absolute Gasteiger partial charge is 0.355 e. The van der Waals surface area contributed by atoms with E-state index in [4.69, 9.17) is 11.6 Å². The molecule has 0 heterocycles. The van der Waals surface area contributed by atoms with Crippen LogP contribution in [-0.4, -0.2) is 44.3 Å². The van der Waals surface area contributed by atoms with Crippen molar-refractivity contribution in [3.8, 4) is 0 Å². The molecule has 0 fully saturated rings. The molecule has 1 N–H and O–H groups in total. The quantitative estimate of drug-likeness (QED) is 0.214. The molecule has 0 aliphatic heterocycles. The summed E-state index contributed by atoms with van der Waals surface area (Å²) >= 11 is 6.05. The molecule has 7 nitrogen and oxygen atoms in total. The molecule has 4 aromatic rings. The number of carbonyl (C=O) groups is 2. The highest BCUT2D eigenvalue weighted by molar-refractivity contribution is 7.92. The summed E-state index contributed by atoms with van der Waals surface area (Å²) in [6.07, 6.45) is 0.262. The molecule has 0 saturated carbocycles. The lowest BCUT2D eigenvalue weighted by atomic mass is 10.0. The third kappa shape index (κ3) is 8.03. The number of hydrogen-bond acceptors (Lipinski definition) is 4. The lowest BCUT2D eigenvalue weighted by molar-refractivity contribution is -0.140. The monoisotopic (exact) mass is 617 g/mol. The Labute approximate surface area is 259 Å². The second-order valence-electron chi connectivity index (χ2n) is 10.4. The van der Waals surface area contributed by atoms with Crippen LogP contribution in [0, 0.1) is 13.8 Å². The molecule has 224 valence electrons. The third-order valence-electron chi connectivity index (χ3n) is 7.16. The van der Waals surface area contributed by atoms with E-state index in [1.807, 2.05) is 74.5 Å². The fourth-order valence-electron chi connectivity index (χ4n) is 4.83. The number of benzene rings is 4. The number of sulfonamides is 1. The summed E-state index contributed by atoms with van der Waals surface area (Å²) in [4.78, 5) is 29.4. The summed E-state index contributed by atoms with van der Waals surface area (Å²) in [7, 11) is -4.19. The molecule has 0 spiro atoms. The van der Waals surface area contributed by atoms with Crippen molar-refractivity contribution in [3.63, 3.8) is 0 Å². The molecule has 0 bridgehead atoms. The van der Waals surface area contributed by atoms with E-state index < -0.39 is 28.5 Å². The van der Waals surface area contributed by atoms with Gasteiger partial charge in [0.1, 0.15) is 12.6 Å². The highest BCUT2D eigenvalue weighted by atomic mass is 35.5. The fraction of sp³-hybridized carbons (Fsp3) is 0.235. The summed E-state index contributed by atoms with van der Waals surface area (Å²) in [5, 5.41) is 3.27. The van der Waals surface area contributed by atoms with Gasteiger partial charge in [-0.15, -0.1) is 0 Å². The van der Waals surface area contributed by atoms with Crippen molar-refractivity contribution in [1.29, 1.82) is 0 Å². The van der Waals surface area contributed by atoms with Crippen LogP contribution in [0.4, 0.5) is 5.69 Å². The maximum absolute atomic E-state index is 14.4. The molecule has 4 rings (SSSR count). The zero-order valence-corrected chi connectivity index (χ0v) is 26.1. The van der Waals surface area contributed by atoms with Crippen molar-refractivity contribution in [2.45, 2.75) is 44.7 Å². The molecule has 0 aliphatic rings. The Morgan fingerprint density at radius 3 is 2.07 bits per heavy atom. The first kappa shape index (κ1) is 31.8. The van der Waals surface area contributed by atoms with Crippen LogP contribution in [0.3, 0.4) is 0 Å². The van der Waals surface area contributed by atoms with Gasteiger partial charge in [0.2, 0.25) is 11.8 Å². The van der Waals surface area contributed by atoms with Crippen molar-refractivity contribution in [1.82, 2.24) is 10.2 Å². The van der Waals surface area contributed by atoms with Gasteiger partial charge in [-0.05, 0) is 67.8 Å². The standard InChI is InChI=1S/C34H36ClN3O4S/c1-4-36-34(40)32(22-27-11-6-5-7-12-27)37(23-28-16-14-25(2)15-17-28)33(39)24-38(31-13-9-8-10-26(31)3)43(41,42)30-20-18-29(35)19-21-30/h5-21,32H,4,22-24H2,1-3H3,(H,36,40)/t32-/m0/s1. The van der Waals surface area contributed by atoms with Crippen molar-refractivity contribution in [2.75, 3.05) is 17.4 Å². The van der Waals surface area contributed by atoms with Crippen LogP contribution in [0.1, 0.15) is 29.2 Å². The molecule has 2 amide bonds. The zero-order chi connectivity index (χ0) is 31.0. The van der Waals surface area contributed by atoms with Crippen LogP contribution in [0.5, 0.6) is 0 Å². The van der Waals surface area contributed by atoms with Gasteiger partial charge in [0.15, 0.2) is 0 Å². The van der Waals surface area contributed by atoms with E-state index in [0.717, 1.165) is 21.0 Å². The van der Waals surface area contributed by atoms with E-state index in [-0.39, 0.29) is 23.8 Å². The Kier molecular flexibility index (Phi) is 10.6. The maximum atomic E-state index is 14.4. The first-order valence-electron chi connectivity index (χ1n) is 14.1. The Morgan fingerprint density at radius 1 is 0.814 bits per heavy atom. The van der Waals surface area contributed by atoms with Crippen LogP contribution in [0.25, 0.3) is 0 Å². The Hall–Kier alpha value is -4.14. The van der Waals surface area contributed by atoms with Gasteiger partial charge in [-0.1, -0.05) is 90.0 Å². The van der Waals surface area contributed by atoms with Crippen LogP contribution < -0.4 is 9.62 Å². The smallest absolute Gasteiger partial charge is 0.264 e. The molecule has 4 aromatic carbocycles. The second-order valence-corrected chi connectivity index (χ2v) is 12.7. The van der Waals surface area contributed by atoms with Gasteiger partial charge < -0.3 is 10.2 Å². The predicted octanol–water partition coefficient (Wildman–Crippen LogP) is 5.93. The molecule has 9 heteroatoms. The number of para-hydroxylation sites is 1. The minimum Gasteiger partial charge on any atom is -0.355 e. The average Bonchev–Trinajstić information content (AvgIpc) is 3.00. The number of anilines is 1. The van der Waals surface area contributed by atoms with Gasteiger partial charge >= 0.3 is 0 Å². The van der Waals surface area contributed by atoms with Gasteiger partial charge in [-0.3, -0.25) is 13.9 Å². The Balaban J connectivity index is 1.80. The van der Waals surface area contributed by atoms with Crippen molar-refractivity contribution < 1.29 is 18.0 Å². The molecule has 0 unspecified atom stereocenters. The SMILES string of the molecule is CCNC(=O)[C@H](Cc1ccccc1)N(Cc1ccc(C)cc1)C(=O)CN(c1ccccc1C)S(=O)(=O)c1ccc(Cl)cc1. The number of rotatable bonds is 12. The molecule has 0 saturated heterocycles. The minimum absolute atomic E-state index is 0.00241. The molecule has 0 radical (unpaired) electrons. The first-order valence-corrected chi connectivity index (χ1v) is 15.9. The number of hydrogen-bond donors (Lipinski definition) is 1. The van der Waals surface area contributed by atoms with Crippen LogP contribution in [0.2, 0.25) is 5.02 Å². The number of halogens is 1. The van der Waals surface area contributed by atoms with Crippen molar-refractivity contribution in [2.24, 2.45) is 0 Å². The molecule has 0 aliphatic carbocycles. The molecular weight excluding hydrogens is 582 g/mol. The third-order valence-corrected chi connectivity index (χ3v) is 9.19. The number of likely N-dealkylation sites (N-methyl/N-ethyl adjacent to an activating group) is 1. The van der Waals surface area contributed by atoms with Crippen LogP contribution in [-0.2, 0) is 32.6 Å². The number of carbonyl (C=O) groups excluding carboxylic acids is 2. The number of nitrogens with one attached hydrogen (secondary N) is 1. The normalized spacial score (nSPS) is 11.9. The summed E-state index contributed by atoms with van der Waals surface area (Å²) in [5.41, 5.74) is 3.82. The van der Waals surface area contributed by atoms with Gasteiger partial charge in [-0.2, -0.15) is 0 Å². The van der Waals surface area contributed by atoms with E-state index in [2.05, 4.69) is 5.32 Å². The molecule has 43 heavy (non-hydrogen) atoms. The molecule has 0 aromatic heterocycles. The highest BCUT2D eigenvalue weighted by Gasteiger charge is 2.34. The summed E-state index contributed by atoms with van der Waals surface area (Å²) in [6.45, 7) is 5.59. The van der Waals surface area contributed by atoms with Gasteiger partial charge in [0, 0.05) is 24.5 Å². The lowest BCUT2D eigenvalue weighted by Gasteiger charge is -2.34. The summed E-state index contributed by atoms with van der Waals surface area (Å²) in [6, 6.07) is 29.2. The summed E-state index contributed by atoms with van der Waals surface area (Å²) in [5.74, 6) is -0.816. The van der Waals surface area contributed by atoms with Crippen molar-refractivity contribution >= 4 is 39.1 Å². The highest BCUT2D eigenvalue weighted by Crippen LogP contribution is 2.28. The van der Waals surface area contributed by atoms with Crippen molar-refractivity contribution in [3.05, 3.63) is 130 Å². The number of nitrogens with zero attached hydrogens (tertiary/aromatic N) is 2. The van der Waals surface area contributed by atoms with E-state index >= 15 is 0 Å². The second kappa shape index (κ2) is 14.4. The zero-order valence-electron chi connectivity index (χ0n) is 24.5. The first-order chi connectivity index (χ1) is 20.6. The maximum Gasteiger partial charge on any atom is 0.264 e. The van der Waals surface area contributed by atoms with Gasteiger partial charge in [-0.25, -0.2) is 8.42 Å². The van der Waals surface area contributed by atoms with Crippen LogP contribution in [0.15, 0.2) is 108 Å². The topological polar surface area (TPSA) is 86.8 Å². The number of amides is 2. The predicted molar refractivity (Wildman–Crippen MR) is 172 cm³/mol. The Morgan fingerprint density at radius 2 is 1.44 bits per heavy atom. The van der Waals surface area contributed by atoms with E-state index in [1.165, 1.54) is 29.2 Å². The lowest BCUT2D eigenvalue weighted by Crippen LogP contribution is -2.53. The Bertz CT molecular complexity index is 1640. The van der Waals surface area contributed by atoms with E-state index in [1.54, 1.807) is 25.1 Å². The fourth-order valence-corrected chi connectivity index (χ4v) is 6.43. The van der Waals surface area contributed by atoms with E-state index in [9.17, 15) is 18.0 Å². The van der Waals surface area contributed by atoms with Crippen LogP contribution >= 0.6 is 11.6 Å². The summed E-state index contributed by atoms with van der Waals surface area (Å²) < 4.78 is 29.3. The van der Waals surface area contributed by atoms with Gasteiger partial charge in [0.05, 0.1) is 10.6 Å². The number of aryl methyl sites for hydroxylation is 2. The van der Waals surface area contributed by atoms with Gasteiger partial charge in [0.25, 0.3) is 10.0 Å². The molecular formula is C34H36ClN3O4S.